The Labute approximate surface area is 298 Å². The quantitative estimate of drug-likeness (QED) is 0.0208. The fraction of sp³-hybridized carbons (Fsp3) is 0.688. The van der Waals surface area contributed by atoms with Gasteiger partial charge in [0.25, 0.3) is 0 Å². The first-order valence-electron chi connectivity index (χ1n) is 16.8. The highest BCUT2D eigenvalue weighted by Crippen LogP contribution is 2.15. The fourth-order valence-corrected chi connectivity index (χ4v) is 4.12. The zero-order chi connectivity index (χ0) is 37.5. The number of amides is 5. The molecule has 0 bridgehead atoms. The van der Waals surface area contributed by atoms with E-state index in [0.29, 0.717) is 84.7 Å². The largest absolute Gasteiger partial charge is 0.508 e. The van der Waals surface area contributed by atoms with Crippen molar-refractivity contribution in [3.05, 3.63) is 34.7 Å². The molecule has 0 aliphatic heterocycles. The minimum Gasteiger partial charge on any atom is -0.508 e. The van der Waals surface area contributed by atoms with E-state index in [-0.39, 0.29) is 44.3 Å². The van der Waals surface area contributed by atoms with Crippen molar-refractivity contribution in [1.29, 1.82) is 0 Å². The first-order chi connectivity index (χ1) is 24.6. The standard InChI is InChI=1S/C32H54N8O11/c1-24(2)29(31(44)38-27(4-3-10-35-32(33)45)30(43)37-25-5-7-26(41)8-6-25)39-28(42)9-12-46-14-16-48-18-20-50-22-23-51-21-19-49-17-15-47-13-11-36-40-34/h5-8,24,27,29,41H,3-4,9-23H2,1-2H3,(H,37,43)(H,38,44)(H,39,42)(H3,33,35,45)/t27?,29-/m0/s1. The van der Waals surface area contributed by atoms with Gasteiger partial charge in [-0.15, -0.1) is 0 Å². The molecule has 0 aliphatic carbocycles. The fourth-order valence-electron chi connectivity index (χ4n) is 4.12. The maximum absolute atomic E-state index is 13.2. The van der Waals surface area contributed by atoms with Crippen LogP contribution < -0.4 is 27.0 Å². The highest BCUT2D eigenvalue weighted by molar-refractivity contribution is 5.98. The van der Waals surface area contributed by atoms with Crippen LogP contribution in [0, 0.1) is 5.92 Å². The smallest absolute Gasteiger partial charge is 0.312 e. The number of rotatable bonds is 31. The van der Waals surface area contributed by atoms with Gasteiger partial charge in [-0.3, -0.25) is 14.4 Å². The molecule has 51 heavy (non-hydrogen) atoms. The number of phenols is 1. The van der Waals surface area contributed by atoms with Gasteiger partial charge in [-0.25, -0.2) is 4.79 Å². The van der Waals surface area contributed by atoms with Crippen LogP contribution in [-0.2, 0) is 42.8 Å². The van der Waals surface area contributed by atoms with Gasteiger partial charge in [0, 0.05) is 30.1 Å². The zero-order valence-electron chi connectivity index (χ0n) is 29.5. The summed E-state index contributed by atoms with van der Waals surface area (Å²) in [5.41, 5.74) is 13.7. The van der Waals surface area contributed by atoms with E-state index in [1.165, 1.54) is 24.3 Å². The molecule has 19 heteroatoms. The highest BCUT2D eigenvalue weighted by Gasteiger charge is 2.28. The van der Waals surface area contributed by atoms with Crippen LogP contribution in [0.1, 0.15) is 33.1 Å². The van der Waals surface area contributed by atoms with Crippen LogP contribution in [0.15, 0.2) is 29.4 Å². The van der Waals surface area contributed by atoms with Crippen molar-refractivity contribution < 1.29 is 52.7 Å². The third-order valence-corrected chi connectivity index (χ3v) is 6.73. The second-order valence-electron chi connectivity index (χ2n) is 11.2. The number of primary amides is 1. The van der Waals surface area contributed by atoms with Crippen molar-refractivity contribution in [3.63, 3.8) is 0 Å². The molecule has 5 amide bonds. The van der Waals surface area contributed by atoms with Gasteiger partial charge in [-0.1, -0.05) is 19.0 Å². The Bertz CT molecular complexity index is 1170. The molecule has 7 N–H and O–H groups in total. The van der Waals surface area contributed by atoms with Crippen LogP contribution in [-0.4, -0.2) is 133 Å². The number of nitrogens with zero attached hydrogens (tertiary/aromatic N) is 3. The van der Waals surface area contributed by atoms with Gasteiger partial charge in [0.05, 0.1) is 79.3 Å². The normalized spacial score (nSPS) is 12.1. The molecule has 1 unspecified atom stereocenters. The average molecular weight is 727 g/mol. The molecule has 1 aromatic rings. The number of carbonyl (C=O) groups is 4. The van der Waals surface area contributed by atoms with E-state index in [2.05, 4.69) is 31.3 Å². The molecule has 288 valence electrons. The number of ether oxygens (including phenoxy) is 6. The van der Waals surface area contributed by atoms with Crippen molar-refractivity contribution >= 4 is 29.4 Å². The lowest BCUT2D eigenvalue weighted by Gasteiger charge is -2.25. The molecule has 0 aromatic heterocycles. The van der Waals surface area contributed by atoms with Crippen molar-refractivity contribution in [2.24, 2.45) is 16.8 Å². The molecule has 0 saturated carbocycles. The van der Waals surface area contributed by atoms with Crippen LogP contribution in [0.25, 0.3) is 10.4 Å². The Morgan fingerprint density at radius 1 is 0.784 bits per heavy atom. The summed E-state index contributed by atoms with van der Waals surface area (Å²) >= 11 is 0. The van der Waals surface area contributed by atoms with Crippen LogP contribution in [0.2, 0.25) is 0 Å². The lowest BCUT2D eigenvalue weighted by Crippen LogP contribution is -2.54. The molecule has 0 radical (unpaired) electrons. The molecular weight excluding hydrogens is 672 g/mol. The summed E-state index contributed by atoms with van der Waals surface area (Å²) in [7, 11) is 0. The Morgan fingerprint density at radius 2 is 1.29 bits per heavy atom. The number of nitrogens with one attached hydrogen (secondary N) is 4. The van der Waals surface area contributed by atoms with Gasteiger partial charge < -0.3 is 60.5 Å². The predicted molar refractivity (Wildman–Crippen MR) is 186 cm³/mol. The first kappa shape index (κ1) is 44.8. The second-order valence-corrected chi connectivity index (χ2v) is 11.2. The van der Waals surface area contributed by atoms with Gasteiger partial charge in [0.2, 0.25) is 17.7 Å². The Hall–Kier alpha value is -4.23. The second kappa shape index (κ2) is 29.5. The molecular formula is C32H54N8O11. The molecule has 0 fully saturated rings. The van der Waals surface area contributed by atoms with E-state index in [9.17, 15) is 24.3 Å². The van der Waals surface area contributed by atoms with E-state index in [0.717, 1.165) is 0 Å². The zero-order valence-corrected chi connectivity index (χ0v) is 29.5. The van der Waals surface area contributed by atoms with E-state index in [1.54, 1.807) is 13.8 Å². The number of carbonyl (C=O) groups excluding carboxylic acids is 4. The predicted octanol–water partition coefficient (Wildman–Crippen LogP) is 1.20. The first-order valence-corrected chi connectivity index (χ1v) is 16.8. The maximum atomic E-state index is 13.2. The SMILES string of the molecule is CC(C)[C@H](NC(=O)CCOCCOCCOCCOCCOCCOCCN=[N+]=[N-])C(=O)NC(CCCNC(N)=O)C(=O)Nc1ccc(O)cc1. The Balaban J connectivity index is 2.24. The topological polar surface area (TPSA) is 267 Å². The number of nitrogens with two attached hydrogens (primary N) is 1. The van der Waals surface area contributed by atoms with Crippen LogP contribution >= 0.6 is 0 Å². The van der Waals surface area contributed by atoms with Gasteiger partial charge in [0.1, 0.15) is 17.8 Å². The number of phenolic OH excluding ortho intramolecular Hbond substituents is 1. The summed E-state index contributed by atoms with van der Waals surface area (Å²) < 4.78 is 32.3. The number of azide groups is 1. The van der Waals surface area contributed by atoms with E-state index >= 15 is 0 Å². The van der Waals surface area contributed by atoms with E-state index in [4.69, 9.17) is 39.7 Å². The summed E-state index contributed by atoms with van der Waals surface area (Å²) in [5.74, 6) is -1.69. The minimum absolute atomic E-state index is 0.0147. The van der Waals surface area contributed by atoms with Gasteiger partial charge >= 0.3 is 6.03 Å². The number of urea groups is 1. The van der Waals surface area contributed by atoms with Crippen LogP contribution in [0.4, 0.5) is 10.5 Å². The molecule has 0 spiro atoms. The Kier molecular flexibility index (Phi) is 25.9. The molecule has 1 rings (SSSR count). The van der Waals surface area contributed by atoms with Crippen molar-refractivity contribution in [2.45, 2.75) is 45.2 Å². The number of hydrogen-bond donors (Lipinski definition) is 6. The summed E-state index contributed by atoms with van der Waals surface area (Å²) in [4.78, 5) is 52.5. The molecule has 0 heterocycles. The van der Waals surface area contributed by atoms with Crippen molar-refractivity contribution in [1.82, 2.24) is 16.0 Å². The van der Waals surface area contributed by atoms with Crippen molar-refractivity contribution in [3.8, 4) is 5.75 Å². The maximum Gasteiger partial charge on any atom is 0.312 e. The molecule has 2 atom stereocenters. The lowest BCUT2D eigenvalue weighted by molar-refractivity contribution is -0.132. The van der Waals surface area contributed by atoms with Crippen molar-refractivity contribution in [2.75, 3.05) is 97.7 Å². The van der Waals surface area contributed by atoms with Gasteiger partial charge in [-0.2, -0.15) is 0 Å². The van der Waals surface area contributed by atoms with Crippen LogP contribution in [0.3, 0.4) is 0 Å². The summed E-state index contributed by atoms with van der Waals surface area (Å²) in [6, 6.07) is 3.26. The van der Waals surface area contributed by atoms with Crippen LogP contribution in [0.5, 0.6) is 5.75 Å². The molecule has 0 saturated heterocycles. The van der Waals surface area contributed by atoms with Gasteiger partial charge in [-0.05, 0) is 48.6 Å². The Morgan fingerprint density at radius 3 is 1.78 bits per heavy atom. The van der Waals surface area contributed by atoms with E-state index in [1.807, 2.05) is 0 Å². The number of aromatic hydroxyl groups is 1. The summed E-state index contributed by atoms with van der Waals surface area (Å²) in [5, 5.41) is 23.4. The minimum atomic E-state index is -0.979. The molecule has 0 aliphatic rings. The summed E-state index contributed by atoms with van der Waals surface area (Å²) in [6.07, 6.45) is 0.543. The third-order valence-electron chi connectivity index (χ3n) is 6.73. The number of anilines is 1. The molecule has 19 nitrogen and oxygen atoms in total. The third kappa shape index (κ3) is 24.5. The van der Waals surface area contributed by atoms with E-state index < -0.39 is 35.8 Å². The van der Waals surface area contributed by atoms with Gasteiger partial charge in [0.15, 0.2) is 0 Å². The summed E-state index contributed by atoms with van der Waals surface area (Å²) in [6.45, 7) is 8.40. The molecule has 1 aromatic carbocycles. The number of benzene rings is 1. The lowest BCUT2D eigenvalue weighted by atomic mass is 10.0. The highest BCUT2D eigenvalue weighted by atomic mass is 16.6. The number of hydrogen-bond acceptors (Lipinski definition) is 12. The monoisotopic (exact) mass is 726 g/mol. The average Bonchev–Trinajstić information content (AvgIpc) is 3.09.